The van der Waals surface area contributed by atoms with Crippen molar-refractivity contribution in [2.75, 3.05) is 18.2 Å². The lowest BCUT2D eigenvalue weighted by atomic mass is 10.0. The number of rotatable bonds is 8. The van der Waals surface area contributed by atoms with Crippen LogP contribution in [0.3, 0.4) is 0 Å². The molecule has 0 spiro atoms. The summed E-state index contributed by atoms with van der Waals surface area (Å²) >= 11 is 0. The molecule has 1 aliphatic rings. The Bertz CT molecular complexity index is 868. The number of ether oxygens (including phenoxy) is 1. The molecule has 0 aliphatic heterocycles. The van der Waals surface area contributed by atoms with Gasteiger partial charge in [0.25, 0.3) is 0 Å². The average molecular weight is 384 g/mol. The number of hydrogen-bond donors (Lipinski definition) is 3. The van der Waals surface area contributed by atoms with Crippen LogP contribution in [-0.2, 0) is 16.0 Å². The second kappa shape index (κ2) is 8.86. The van der Waals surface area contributed by atoms with Crippen molar-refractivity contribution >= 4 is 17.7 Å². The van der Waals surface area contributed by atoms with E-state index in [4.69, 9.17) is 15.6 Å². The third-order valence-electron chi connectivity index (χ3n) is 5.00. The van der Waals surface area contributed by atoms with Crippen molar-refractivity contribution < 1.29 is 24.5 Å². The molecule has 1 atom stereocenters. The normalized spacial score (nSPS) is 12.8. The van der Waals surface area contributed by atoms with E-state index in [9.17, 15) is 14.7 Å². The minimum absolute atomic E-state index is 0.240. The van der Waals surface area contributed by atoms with E-state index in [2.05, 4.69) is 0 Å². The molecule has 1 amide bonds. The SMILES string of the molecule is NCCCC[C@@H](C(=O)O)N(C(=O)OCO)c1cccc2c1Cc1ccccc1-2. The van der Waals surface area contributed by atoms with Crippen LogP contribution in [0.2, 0.25) is 0 Å². The maximum Gasteiger partial charge on any atom is 0.417 e. The quantitative estimate of drug-likeness (QED) is 0.407. The van der Waals surface area contributed by atoms with Crippen molar-refractivity contribution in [3.63, 3.8) is 0 Å². The lowest BCUT2D eigenvalue weighted by molar-refractivity contribution is -0.138. The van der Waals surface area contributed by atoms with Crippen molar-refractivity contribution in [2.24, 2.45) is 5.73 Å². The van der Waals surface area contributed by atoms with E-state index >= 15 is 0 Å². The minimum atomic E-state index is -1.12. The summed E-state index contributed by atoms with van der Waals surface area (Å²) in [4.78, 5) is 25.8. The van der Waals surface area contributed by atoms with E-state index < -0.39 is 24.9 Å². The Balaban J connectivity index is 2.04. The van der Waals surface area contributed by atoms with E-state index in [-0.39, 0.29) is 6.42 Å². The highest BCUT2D eigenvalue weighted by atomic mass is 16.6. The van der Waals surface area contributed by atoms with Gasteiger partial charge in [-0.2, -0.15) is 0 Å². The van der Waals surface area contributed by atoms with Crippen molar-refractivity contribution in [3.05, 3.63) is 53.6 Å². The first-order chi connectivity index (χ1) is 13.6. The second-order valence-corrected chi connectivity index (χ2v) is 6.69. The van der Waals surface area contributed by atoms with Gasteiger partial charge < -0.3 is 20.7 Å². The number of carbonyl (C=O) groups excluding carboxylic acids is 1. The molecule has 148 valence electrons. The summed E-state index contributed by atoms with van der Waals surface area (Å²) in [6, 6.07) is 12.3. The molecule has 0 unspecified atom stereocenters. The molecule has 3 rings (SSSR count). The van der Waals surface area contributed by atoms with Crippen LogP contribution in [0.5, 0.6) is 0 Å². The smallest absolute Gasteiger partial charge is 0.417 e. The summed E-state index contributed by atoms with van der Waals surface area (Å²) in [6.45, 7) is -0.372. The van der Waals surface area contributed by atoms with Gasteiger partial charge in [-0.15, -0.1) is 0 Å². The summed E-state index contributed by atoms with van der Waals surface area (Å²) in [5.41, 5.74) is 10.1. The standard InChI is InChI=1S/C21H24N2O5/c22-11-4-3-9-19(20(25)26)23(21(27)28-13-24)18-10-5-8-16-15-7-2-1-6-14(15)12-17(16)18/h1-2,5-8,10,19,24H,3-4,9,11-13,22H2,(H,25,26)/t19-/m0/s1. The number of aliphatic hydroxyl groups excluding tert-OH is 1. The molecular formula is C21H24N2O5. The van der Waals surface area contributed by atoms with Crippen molar-refractivity contribution in [1.29, 1.82) is 0 Å². The highest BCUT2D eigenvalue weighted by Gasteiger charge is 2.35. The molecule has 2 aromatic rings. The Morgan fingerprint density at radius 1 is 1.11 bits per heavy atom. The number of nitrogens with two attached hydrogens (primary N) is 1. The number of amides is 1. The molecule has 1 aliphatic carbocycles. The average Bonchev–Trinajstić information content (AvgIpc) is 3.07. The minimum Gasteiger partial charge on any atom is -0.480 e. The zero-order valence-corrected chi connectivity index (χ0v) is 15.5. The molecule has 7 nitrogen and oxygen atoms in total. The van der Waals surface area contributed by atoms with Crippen molar-refractivity contribution in [3.8, 4) is 11.1 Å². The largest absolute Gasteiger partial charge is 0.480 e. The van der Waals surface area contributed by atoms with Crippen LogP contribution < -0.4 is 10.6 Å². The molecule has 0 saturated heterocycles. The Hall–Kier alpha value is -2.90. The first-order valence-electron chi connectivity index (χ1n) is 9.28. The Kier molecular flexibility index (Phi) is 6.28. The Morgan fingerprint density at radius 2 is 1.86 bits per heavy atom. The fraction of sp³-hybridized carbons (Fsp3) is 0.333. The zero-order chi connectivity index (χ0) is 20.1. The van der Waals surface area contributed by atoms with E-state index in [1.165, 1.54) is 0 Å². The van der Waals surface area contributed by atoms with Gasteiger partial charge in [-0.05, 0) is 54.1 Å². The van der Waals surface area contributed by atoms with E-state index in [1.54, 1.807) is 12.1 Å². The molecular weight excluding hydrogens is 360 g/mol. The Labute approximate surface area is 163 Å². The van der Waals surface area contributed by atoms with Crippen LogP contribution in [0.1, 0.15) is 30.4 Å². The van der Waals surface area contributed by atoms with Gasteiger partial charge in [-0.3, -0.25) is 4.90 Å². The summed E-state index contributed by atoms with van der Waals surface area (Å²) in [7, 11) is 0. The van der Waals surface area contributed by atoms with Gasteiger partial charge in [0.15, 0.2) is 6.79 Å². The molecule has 2 aromatic carbocycles. The van der Waals surface area contributed by atoms with E-state index in [0.717, 1.165) is 27.2 Å². The number of aliphatic carboxylic acids is 1. The molecule has 0 bridgehead atoms. The van der Waals surface area contributed by atoms with Crippen molar-refractivity contribution in [2.45, 2.75) is 31.7 Å². The number of hydrogen-bond acceptors (Lipinski definition) is 5. The van der Waals surface area contributed by atoms with Gasteiger partial charge in [-0.1, -0.05) is 36.4 Å². The lowest BCUT2D eigenvalue weighted by Gasteiger charge is -2.29. The molecule has 7 heteroatoms. The maximum atomic E-state index is 12.7. The number of carboxylic acid groups (broad SMARTS) is 1. The first-order valence-corrected chi connectivity index (χ1v) is 9.28. The Morgan fingerprint density at radius 3 is 2.57 bits per heavy atom. The number of carbonyl (C=O) groups is 2. The molecule has 0 aromatic heterocycles. The summed E-state index contributed by atoms with van der Waals surface area (Å²) in [5.74, 6) is -1.12. The fourth-order valence-electron chi connectivity index (χ4n) is 3.73. The predicted octanol–water partition coefficient (Wildman–Crippen LogP) is 2.73. The van der Waals surface area contributed by atoms with Gasteiger partial charge in [0.2, 0.25) is 0 Å². The number of benzene rings is 2. The summed E-state index contributed by atoms with van der Waals surface area (Å²) in [5, 5.41) is 18.9. The summed E-state index contributed by atoms with van der Waals surface area (Å²) in [6.07, 6.45) is 1.17. The fourth-order valence-corrected chi connectivity index (χ4v) is 3.73. The van der Waals surface area contributed by atoms with Gasteiger partial charge in [-0.25, -0.2) is 9.59 Å². The number of anilines is 1. The first kappa shape index (κ1) is 19.9. The van der Waals surface area contributed by atoms with Crippen molar-refractivity contribution in [1.82, 2.24) is 0 Å². The monoisotopic (exact) mass is 384 g/mol. The van der Waals surface area contributed by atoms with Crippen LogP contribution in [0, 0.1) is 0 Å². The zero-order valence-electron chi connectivity index (χ0n) is 15.5. The van der Waals surface area contributed by atoms with Gasteiger partial charge >= 0.3 is 12.1 Å². The highest BCUT2D eigenvalue weighted by molar-refractivity contribution is 5.98. The van der Waals surface area contributed by atoms with Crippen LogP contribution in [0.25, 0.3) is 11.1 Å². The number of nitrogens with zero attached hydrogens (tertiary/aromatic N) is 1. The number of carboxylic acids is 1. The van der Waals surface area contributed by atoms with Crippen LogP contribution in [0.4, 0.5) is 10.5 Å². The van der Waals surface area contributed by atoms with Gasteiger partial charge in [0.05, 0.1) is 5.69 Å². The molecule has 0 radical (unpaired) electrons. The number of unbranched alkanes of at least 4 members (excludes halogenated alkanes) is 1. The molecule has 4 N–H and O–H groups in total. The highest BCUT2D eigenvalue weighted by Crippen LogP contribution is 2.42. The summed E-state index contributed by atoms with van der Waals surface area (Å²) < 4.78 is 4.79. The van der Waals surface area contributed by atoms with Crippen LogP contribution in [-0.4, -0.2) is 41.7 Å². The molecule has 0 saturated carbocycles. The van der Waals surface area contributed by atoms with Crippen LogP contribution >= 0.6 is 0 Å². The third kappa shape index (κ3) is 3.85. The van der Waals surface area contributed by atoms with E-state index in [0.29, 0.717) is 31.5 Å². The van der Waals surface area contributed by atoms with Gasteiger partial charge in [0, 0.05) is 6.42 Å². The molecule has 0 heterocycles. The number of fused-ring (bicyclic) bond motifs is 3. The third-order valence-corrected chi connectivity index (χ3v) is 5.00. The topological polar surface area (TPSA) is 113 Å². The van der Waals surface area contributed by atoms with Crippen LogP contribution in [0.15, 0.2) is 42.5 Å². The lowest BCUT2D eigenvalue weighted by Crippen LogP contribution is -2.46. The molecule has 0 fully saturated rings. The molecule has 28 heavy (non-hydrogen) atoms. The van der Waals surface area contributed by atoms with E-state index in [1.807, 2.05) is 30.3 Å². The predicted molar refractivity (Wildman–Crippen MR) is 105 cm³/mol. The second-order valence-electron chi connectivity index (χ2n) is 6.69. The maximum absolute atomic E-state index is 12.7. The van der Waals surface area contributed by atoms with Gasteiger partial charge in [0.1, 0.15) is 6.04 Å². The number of aliphatic hydroxyl groups is 1.